The second kappa shape index (κ2) is 3.92. The number of nitrogens with two attached hydrogens (primary N) is 1. The van der Waals surface area contributed by atoms with Crippen molar-refractivity contribution >= 4 is 5.82 Å². The molecule has 0 aliphatic heterocycles. The van der Waals surface area contributed by atoms with Crippen LogP contribution in [0.2, 0.25) is 0 Å². The molecule has 1 aromatic heterocycles. The van der Waals surface area contributed by atoms with Crippen LogP contribution in [0, 0.1) is 0 Å². The molecule has 0 bridgehead atoms. The van der Waals surface area contributed by atoms with Gasteiger partial charge in [0, 0.05) is 6.54 Å². The molecular weight excluding hydrogens is 142 g/mol. The van der Waals surface area contributed by atoms with Crippen molar-refractivity contribution in [2.45, 2.75) is 13.0 Å². The van der Waals surface area contributed by atoms with Crippen LogP contribution in [0.4, 0.5) is 5.82 Å². The Balaban J connectivity index is 2.27. The minimum absolute atomic E-state index is 0.481. The monoisotopic (exact) mass is 155 g/mol. The zero-order chi connectivity index (χ0) is 8.10. The van der Waals surface area contributed by atoms with Crippen molar-refractivity contribution in [2.24, 2.45) is 0 Å². The van der Waals surface area contributed by atoms with Gasteiger partial charge in [-0.05, 0) is 20.0 Å². The number of nitrogens with one attached hydrogen (secondary N) is 1. The van der Waals surface area contributed by atoms with Crippen molar-refractivity contribution in [3.05, 3.63) is 6.20 Å². The summed E-state index contributed by atoms with van der Waals surface area (Å²) in [6, 6.07) is 0. The van der Waals surface area contributed by atoms with Gasteiger partial charge in [0.05, 0.1) is 6.20 Å². The quantitative estimate of drug-likeness (QED) is 0.573. The molecular formula is C6H13N5. The summed E-state index contributed by atoms with van der Waals surface area (Å²) in [6.45, 7) is 1.85. The molecule has 5 nitrogen and oxygen atoms in total. The highest BCUT2D eigenvalue weighted by Crippen LogP contribution is 1.93. The summed E-state index contributed by atoms with van der Waals surface area (Å²) in [5.41, 5.74) is 5.37. The van der Waals surface area contributed by atoms with Gasteiger partial charge in [0.1, 0.15) is 0 Å². The van der Waals surface area contributed by atoms with E-state index in [-0.39, 0.29) is 0 Å². The first-order valence-corrected chi connectivity index (χ1v) is 3.63. The Morgan fingerprint density at radius 2 is 2.55 bits per heavy atom. The zero-order valence-electron chi connectivity index (χ0n) is 6.62. The summed E-state index contributed by atoms with van der Waals surface area (Å²) in [5.74, 6) is 0.481. The van der Waals surface area contributed by atoms with E-state index in [0.717, 1.165) is 19.5 Å². The van der Waals surface area contributed by atoms with Gasteiger partial charge in [-0.25, -0.2) is 0 Å². The van der Waals surface area contributed by atoms with Crippen molar-refractivity contribution in [1.82, 2.24) is 20.3 Å². The predicted molar refractivity (Wildman–Crippen MR) is 43.0 cm³/mol. The van der Waals surface area contributed by atoms with E-state index in [0.29, 0.717) is 5.82 Å². The fourth-order valence-electron chi connectivity index (χ4n) is 0.841. The van der Waals surface area contributed by atoms with Crippen molar-refractivity contribution in [3.8, 4) is 0 Å². The van der Waals surface area contributed by atoms with E-state index in [1.807, 2.05) is 7.05 Å². The maximum atomic E-state index is 5.37. The van der Waals surface area contributed by atoms with Crippen molar-refractivity contribution in [3.63, 3.8) is 0 Å². The minimum atomic E-state index is 0.481. The first-order valence-electron chi connectivity index (χ1n) is 3.63. The molecule has 0 atom stereocenters. The third-order valence-electron chi connectivity index (χ3n) is 1.37. The van der Waals surface area contributed by atoms with Crippen LogP contribution in [-0.2, 0) is 6.54 Å². The maximum absolute atomic E-state index is 5.37. The molecule has 0 aromatic carbocycles. The summed E-state index contributed by atoms with van der Waals surface area (Å²) in [5, 5.41) is 10.5. The Morgan fingerprint density at radius 3 is 3.09 bits per heavy atom. The van der Waals surface area contributed by atoms with Crippen LogP contribution in [0.1, 0.15) is 6.42 Å². The summed E-state index contributed by atoms with van der Waals surface area (Å²) >= 11 is 0. The van der Waals surface area contributed by atoms with Gasteiger partial charge in [-0.1, -0.05) is 5.21 Å². The van der Waals surface area contributed by atoms with E-state index in [1.165, 1.54) is 0 Å². The van der Waals surface area contributed by atoms with E-state index in [1.54, 1.807) is 10.9 Å². The van der Waals surface area contributed by atoms with Crippen LogP contribution in [0.3, 0.4) is 0 Å². The normalized spacial score (nSPS) is 10.3. The molecule has 5 heteroatoms. The van der Waals surface area contributed by atoms with Gasteiger partial charge < -0.3 is 11.1 Å². The fourth-order valence-corrected chi connectivity index (χ4v) is 0.841. The Labute approximate surface area is 65.6 Å². The summed E-state index contributed by atoms with van der Waals surface area (Å²) in [7, 11) is 1.93. The Hall–Kier alpha value is -1.10. The second-order valence-corrected chi connectivity index (χ2v) is 2.36. The molecule has 0 amide bonds. The van der Waals surface area contributed by atoms with Crippen LogP contribution < -0.4 is 11.1 Å². The largest absolute Gasteiger partial charge is 0.381 e. The maximum Gasteiger partial charge on any atom is 0.165 e. The van der Waals surface area contributed by atoms with Crippen LogP contribution in [0.25, 0.3) is 0 Å². The molecule has 0 aliphatic carbocycles. The number of anilines is 1. The molecule has 0 radical (unpaired) electrons. The van der Waals surface area contributed by atoms with E-state index in [2.05, 4.69) is 15.6 Å². The standard InChI is InChI=1S/C6H13N5/c1-8-3-2-4-11-5-6(7)9-10-11/h5,8H,2-4,7H2,1H3. The van der Waals surface area contributed by atoms with Gasteiger partial charge in [0.2, 0.25) is 0 Å². The van der Waals surface area contributed by atoms with E-state index in [4.69, 9.17) is 5.73 Å². The molecule has 0 saturated heterocycles. The Morgan fingerprint density at radius 1 is 1.73 bits per heavy atom. The zero-order valence-corrected chi connectivity index (χ0v) is 6.62. The summed E-state index contributed by atoms with van der Waals surface area (Å²) in [6.07, 6.45) is 2.77. The average Bonchev–Trinajstić information content (AvgIpc) is 2.37. The summed E-state index contributed by atoms with van der Waals surface area (Å²) in [4.78, 5) is 0. The van der Waals surface area contributed by atoms with Crippen LogP contribution in [0.5, 0.6) is 0 Å². The van der Waals surface area contributed by atoms with Gasteiger partial charge in [-0.3, -0.25) is 4.68 Å². The average molecular weight is 155 g/mol. The SMILES string of the molecule is CNCCCn1cc(N)nn1. The predicted octanol–water partition coefficient (Wildman–Crippen LogP) is -0.530. The molecule has 62 valence electrons. The lowest BCUT2D eigenvalue weighted by atomic mass is 10.4. The van der Waals surface area contributed by atoms with Crippen LogP contribution in [0.15, 0.2) is 6.20 Å². The van der Waals surface area contributed by atoms with Crippen molar-refractivity contribution < 1.29 is 0 Å². The molecule has 11 heavy (non-hydrogen) atoms. The molecule has 0 unspecified atom stereocenters. The second-order valence-electron chi connectivity index (χ2n) is 2.36. The molecule has 1 aromatic rings. The minimum Gasteiger partial charge on any atom is -0.381 e. The molecule has 0 fully saturated rings. The van der Waals surface area contributed by atoms with Crippen molar-refractivity contribution in [2.75, 3.05) is 19.3 Å². The van der Waals surface area contributed by atoms with Gasteiger partial charge >= 0.3 is 0 Å². The van der Waals surface area contributed by atoms with Gasteiger partial charge in [0.15, 0.2) is 5.82 Å². The lowest BCUT2D eigenvalue weighted by Crippen LogP contribution is -2.11. The first-order chi connectivity index (χ1) is 5.33. The third-order valence-corrected chi connectivity index (χ3v) is 1.37. The topological polar surface area (TPSA) is 68.8 Å². The molecule has 0 spiro atoms. The van der Waals surface area contributed by atoms with Gasteiger partial charge in [-0.2, -0.15) is 0 Å². The molecule has 3 N–H and O–H groups in total. The smallest absolute Gasteiger partial charge is 0.165 e. The molecule has 0 saturated carbocycles. The van der Waals surface area contributed by atoms with Crippen LogP contribution >= 0.6 is 0 Å². The highest BCUT2D eigenvalue weighted by molar-refractivity contribution is 5.19. The number of aromatic nitrogens is 3. The fraction of sp³-hybridized carbons (Fsp3) is 0.667. The lowest BCUT2D eigenvalue weighted by molar-refractivity contribution is 0.545. The van der Waals surface area contributed by atoms with E-state index < -0.39 is 0 Å². The van der Waals surface area contributed by atoms with E-state index >= 15 is 0 Å². The van der Waals surface area contributed by atoms with Crippen molar-refractivity contribution in [1.29, 1.82) is 0 Å². The third kappa shape index (κ3) is 2.55. The number of aryl methyl sites for hydroxylation is 1. The highest BCUT2D eigenvalue weighted by atomic mass is 15.4. The molecule has 1 rings (SSSR count). The molecule has 0 aliphatic rings. The summed E-state index contributed by atoms with van der Waals surface area (Å²) < 4.78 is 1.74. The number of nitrogens with zero attached hydrogens (tertiary/aromatic N) is 3. The lowest BCUT2D eigenvalue weighted by Gasteiger charge is -1.97. The highest BCUT2D eigenvalue weighted by Gasteiger charge is 1.93. The van der Waals surface area contributed by atoms with Gasteiger partial charge in [0.25, 0.3) is 0 Å². The number of hydrogen-bond acceptors (Lipinski definition) is 4. The Bertz CT molecular complexity index is 206. The van der Waals surface area contributed by atoms with Crippen LogP contribution in [-0.4, -0.2) is 28.6 Å². The Kier molecular flexibility index (Phi) is 2.85. The first kappa shape index (κ1) is 8.00. The number of nitrogen functional groups attached to an aromatic ring is 1. The molecule has 1 heterocycles. The van der Waals surface area contributed by atoms with Gasteiger partial charge in [-0.15, -0.1) is 5.10 Å². The number of hydrogen-bond donors (Lipinski definition) is 2. The number of rotatable bonds is 4. The van der Waals surface area contributed by atoms with E-state index in [9.17, 15) is 0 Å².